The smallest absolute Gasteiger partial charge is 0.256 e. The number of methoxy groups -OCH3 is 1. The lowest BCUT2D eigenvalue weighted by atomic mass is 9.99. The van der Waals surface area contributed by atoms with Gasteiger partial charge in [0.15, 0.2) is 5.60 Å². The maximum Gasteiger partial charge on any atom is 0.256 e. The van der Waals surface area contributed by atoms with Crippen LogP contribution in [0.5, 0.6) is 0 Å². The van der Waals surface area contributed by atoms with Crippen molar-refractivity contribution < 1.29 is 9.53 Å². The Hall–Kier alpha value is -0.610. The van der Waals surface area contributed by atoms with E-state index >= 15 is 0 Å². The van der Waals surface area contributed by atoms with Crippen LogP contribution in [0.3, 0.4) is 0 Å². The quantitative estimate of drug-likeness (QED) is 0.719. The average Bonchev–Trinajstić information content (AvgIpc) is 2.79. The lowest BCUT2D eigenvalue weighted by Crippen LogP contribution is -2.53. The van der Waals surface area contributed by atoms with Gasteiger partial charge in [0.25, 0.3) is 5.91 Å². The SMILES string of the molecule is COC1(C(=O)N2CCCCC2)CCNC1. The largest absolute Gasteiger partial charge is 0.367 e. The highest BCUT2D eigenvalue weighted by Crippen LogP contribution is 2.23. The van der Waals surface area contributed by atoms with Gasteiger partial charge in [0.1, 0.15) is 0 Å². The van der Waals surface area contributed by atoms with Crippen molar-refractivity contribution in [1.29, 1.82) is 0 Å². The molecule has 2 aliphatic heterocycles. The number of ether oxygens (including phenoxy) is 1. The molecule has 0 aromatic rings. The van der Waals surface area contributed by atoms with Gasteiger partial charge >= 0.3 is 0 Å². The number of rotatable bonds is 2. The Balaban J connectivity index is 2.03. The van der Waals surface area contributed by atoms with E-state index in [1.54, 1.807) is 7.11 Å². The number of hydrogen-bond acceptors (Lipinski definition) is 3. The van der Waals surface area contributed by atoms with Crippen LogP contribution < -0.4 is 5.32 Å². The monoisotopic (exact) mass is 212 g/mol. The molecule has 0 saturated carbocycles. The predicted octanol–water partition coefficient (Wildman–Crippen LogP) is 0.377. The van der Waals surface area contributed by atoms with E-state index in [-0.39, 0.29) is 5.91 Å². The Morgan fingerprint density at radius 2 is 2.07 bits per heavy atom. The number of nitrogens with one attached hydrogen (secondary N) is 1. The van der Waals surface area contributed by atoms with Crippen molar-refractivity contribution in [1.82, 2.24) is 10.2 Å². The van der Waals surface area contributed by atoms with Crippen molar-refractivity contribution in [2.45, 2.75) is 31.3 Å². The number of piperidine rings is 1. The summed E-state index contributed by atoms with van der Waals surface area (Å²) in [5, 5.41) is 3.21. The Morgan fingerprint density at radius 3 is 2.60 bits per heavy atom. The van der Waals surface area contributed by atoms with Crippen molar-refractivity contribution in [3.8, 4) is 0 Å². The third kappa shape index (κ3) is 2.01. The summed E-state index contributed by atoms with van der Waals surface area (Å²) in [4.78, 5) is 14.3. The second-order valence-corrected chi connectivity index (χ2v) is 4.48. The molecule has 86 valence electrons. The molecule has 15 heavy (non-hydrogen) atoms. The van der Waals surface area contributed by atoms with E-state index in [0.29, 0.717) is 6.54 Å². The molecule has 2 saturated heterocycles. The first-order valence-electron chi connectivity index (χ1n) is 5.84. The van der Waals surface area contributed by atoms with Gasteiger partial charge in [0, 0.05) is 26.7 Å². The summed E-state index contributed by atoms with van der Waals surface area (Å²) in [7, 11) is 1.65. The summed E-state index contributed by atoms with van der Waals surface area (Å²) in [6, 6.07) is 0. The fourth-order valence-electron chi connectivity index (χ4n) is 2.50. The molecule has 2 aliphatic rings. The molecule has 1 atom stereocenters. The summed E-state index contributed by atoms with van der Waals surface area (Å²) < 4.78 is 5.46. The van der Waals surface area contributed by atoms with Gasteiger partial charge in [-0.1, -0.05) is 0 Å². The number of likely N-dealkylation sites (tertiary alicyclic amines) is 1. The van der Waals surface area contributed by atoms with Gasteiger partial charge in [-0.05, 0) is 32.2 Å². The van der Waals surface area contributed by atoms with E-state index in [9.17, 15) is 4.79 Å². The first kappa shape index (κ1) is 10.9. The molecule has 0 aromatic carbocycles. The molecule has 2 fully saturated rings. The number of carbonyl (C=O) groups excluding carboxylic acids is 1. The zero-order valence-electron chi connectivity index (χ0n) is 9.42. The van der Waals surface area contributed by atoms with Crippen LogP contribution in [0.2, 0.25) is 0 Å². The highest BCUT2D eigenvalue weighted by atomic mass is 16.5. The zero-order chi connectivity index (χ0) is 10.7. The van der Waals surface area contributed by atoms with Gasteiger partial charge in [0.05, 0.1) is 0 Å². The Labute approximate surface area is 91.0 Å². The molecule has 1 amide bonds. The van der Waals surface area contributed by atoms with Gasteiger partial charge in [-0.2, -0.15) is 0 Å². The molecule has 0 bridgehead atoms. The van der Waals surface area contributed by atoms with Crippen LogP contribution in [0.1, 0.15) is 25.7 Å². The standard InChI is InChI=1S/C11H20N2O2/c1-15-11(5-6-12-9-11)10(14)13-7-3-2-4-8-13/h12H,2-9H2,1H3. The molecule has 0 spiro atoms. The van der Waals surface area contributed by atoms with E-state index in [0.717, 1.165) is 38.9 Å². The number of amides is 1. The van der Waals surface area contributed by atoms with Gasteiger partial charge in [0.2, 0.25) is 0 Å². The normalized spacial score (nSPS) is 31.9. The van der Waals surface area contributed by atoms with Crippen LogP contribution >= 0.6 is 0 Å². The van der Waals surface area contributed by atoms with Crippen LogP contribution in [-0.4, -0.2) is 49.7 Å². The Bertz CT molecular complexity index is 231. The molecule has 0 radical (unpaired) electrons. The van der Waals surface area contributed by atoms with Crippen molar-refractivity contribution >= 4 is 5.91 Å². The average molecular weight is 212 g/mol. The van der Waals surface area contributed by atoms with Crippen molar-refractivity contribution in [3.63, 3.8) is 0 Å². The summed E-state index contributed by atoms with van der Waals surface area (Å²) in [6.45, 7) is 3.36. The van der Waals surface area contributed by atoms with E-state index in [1.807, 2.05) is 4.90 Å². The fourth-order valence-corrected chi connectivity index (χ4v) is 2.50. The minimum atomic E-state index is -0.572. The van der Waals surface area contributed by atoms with Crippen molar-refractivity contribution in [2.24, 2.45) is 0 Å². The third-order valence-corrected chi connectivity index (χ3v) is 3.54. The first-order valence-corrected chi connectivity index (χ1v) is 5.84. The van der Waals surface area contributed by atoms with Crippen molar-refractivity contribution in [2.75, 3.05) is 33.3 Å². The molecule has 0 aromatic heterocycles. The number of hydrogen-bond donors (Lipinski definition) is 1. The van der Waals surface area contributed by atoms with E-state index < -0.39 is 5.60 Å². The molecule has 1 unspecified atom stereocenters. The van der Waals surface area contributed by atoms with Crippen LogP contribution in [-0.2, 0) is 9.53 Å². The van der Waals surface area contributed by atoms with E-state index in [1.165, 1.54) is 6.42 Å². The van der Waals surface area contributed by atoms with Crippen LogP contribution in [0.15, 0.2) is 0 Å². The summed E-state index contributed by atoms with van der Waals surface area (Å²) >= 11 is 0. The fraction of sp³-hybridized carbons (Fsp3) is 0.909. The molecule has 2 rings (SSSR count). The Morgan fingerprint density at radius 1 is 1.33 bits per heavy atom. The minimum Gasteiger partial charge on any atom is -0.367 e. The molecule has 2 heterocycles. The minimum absolute atomic E-state index is 0.190. The van der Waals surface area contributed by atoms with E-state index in [4.69, 9.17) is 4.74 Å². The molecule has 0 aliphatic carbocycles. The van der Waals surface area contributed by atoms with Crippen LogP contribution in [0.25, 0.3) is 0 Å². The molecule has 1 N–H and O–H groups in total. The van der Waals surface area contributed by atoms with Gasteiger partial charge in [-0.25, -0.2) is 0 Å². The number of carbonyl (C=O) groups is 1. The van der Waals surface area contributed by atoms with E-state index in [2.05, 4.69) is 5.32 Å². The van der Waals surface area contributed by atoms with Gasteiger partial charge in [-0.15, -0.1) is 0 Å². The lowest BCUT2D eigenvalue weighted by molar-refractivity contribution is -0.153. The van der Waals surface area contributed by atoms with Crippen LogP contribution in [0, 0.1) is 0 Å². The maximum atomic E-state index is 12.3. The zero-order valence-corrected chi connectivity index (χ0v) is 9.42. The third-order valence-electron chi connectivity index (χ3n) is 3.54. The Kier molecular flexibility index (Phi) is 3.26. The topological polar surface area (TPSA) is 41.6 Å². The molecule has 4 nitrogen and oxygen atoms in total. The second-order valence-electron chi connectivity index (χ2n) is 4.48. The van der Waals surface area contributed by atoms with Crippen LogP contribution in [0.4, 0.5) is 0 Å². The second kappa shape index (κ2) is 4.49. The van der Waals surface area contributed by atoms with Crippen molar-refractivity contribution in [3.05, 3.63) is 0 Å². The molecule has 4 heteroatoms. The highest BCUT2D eigenvalue weighted by molar-refractivity contribution is 5.86. The van der Waals surface area contributed by atoms with Gasteiger partial charge < -0.3 is 15.0 Å². The molecular formula is C11H20N2O2. The highest BCUT2D eigenvalue weighted by Gasteiger charge is 2.44. The summed E-state index contributed by atoms with van der Waals surface area (Å²) in [5.41, 5.74) is -0.572. The predicted molar refractivity (Wildman–Crippen MR) is 57.7 cm³/mol. The summed E-state index contributed by atoms with van der Waals surface area (Å²) in [6.07, 6.45) is 4.33. The van der Waals surface area contributed by atoms with Gasteiger partial charge in [-0.3, -0.25) is 4.79 Å². The number of nitrogens with zero attached hydrogens (tertiary/aromatic N) is 1. The molecular weight excluding hydrogens is 192 g/mol. The lowest BCUT2D eigenvalue weighted by Gasteiger charge is -2.34. The summed E-state index contributed by atoms with van der Waals surface area (Å²) in [5.74, 6) is 0.190. The maximum absolute atomic E-state index is 12.3. The first-order chi connectivity index (χ1) is 7.28.